The van der Waals surface area contributed by atoms with Crippen molar-refractivity contribution in [3.63, 3.8) is 0 Å². The molecule has 0 aliphatic rings. The van der Waals surface area contributed by atoms with Crippen LogP contribution in [-0.2, 0) is 0 Å². The number of benzene rings is 2. The van der Waals surface area contributed by atoms with Gasteiger partial charge in [-0.05, 0) is 47.5 Å². The molecule has 4 rings (SSSR count). The average molecular weight is 387 g/mol. The largest absolute Gasteiger partial charge is 0.422 e. The molecule has 8 heteroatoms. The van der Waals surface area contributed by atoms with Crippen molar-refractivity contribution in [3.8, 4) is 11.1 Å². The second-order valence-electron chi connectivity index (χ2n) is 6.29. The van der Waals surface area contributed by atoms with Crippen LogP contribution < -0.4 is 16.3 Å². The fourth-order valence-corrected chi connectivity index (χ4v) is 2.98. The van der Waals surface area contributed by atoms with E-state index < -0.39 is 5.69 Å². The lowest BCUT2D eigenvalue weighted by Gasteiger charge is -2.10. The lowest BCUT2D eigenvalue weighted by Crippen LogP contribution is -2.23. The summed E-state index contributed by atoms with van der Waals surface area (Å²) in [6, 6.07) is 18.3. The lowest BCUT2D eigenvalue weighted by atomic mass is 10.0. The van der Waals surface area contributed by atoms with Gasteiger partial charge in [0.1, 0.15) is 5.82 Å². The summed E-state index contributed by atoms with van der Waals surface area (Å²) < 4.78 is 0.423. The molecule has 2 heterocycles. The lowest BCUT2D eigenvalue weighted by molar-refractivity contribution is 0.0963. The van der Waals surface area contributed by atoms with Crippen molar-refractivity contribution < 1.29 is 10.0 Å². The maximum Gasteiger partial charge on any atom is 0.384 e. The molecular weight excluding hydrogens is 370 g/mol. The van der Waals surface area contributed by atoms with Gasteiger partial charge in [0, 0.05) is 24.5 Å². The maximum absolute atomic E-state index is 11.9. The standard InChI is InChI=1S/C21H17N5O3/c1-22-20(27)15-6-4-13(5-7-15)14-8-10-16(11-9-14)24-18-17-3-2-12-23-19(17)26(29)21(28)25-18/h2-12,29H,1H3,(H,22,27)(H,24,25,28). The predicted octanol–water partition coefficient (Wildman–Crippen LogP) is 2.80. The van der Waals surface area contributed by atoms with E-state index in [9.17, 15) is 14.8 Å². The van der Waals surface area contributed by atoms with Crippen LogP contribution in [0.15, 0.2) is 71.7 Å². The molecule has 0 saturated heterocycles. The smallest absolute Gasteiger partial charge is 0.384 e. The van der Waals surface area contributed by atoms with Crippen LogP contribution in [0.2, 0.25) is 0 Å². The number of carbonyl (C=O) groups is 1. The van der Waals surface area contributed by atoms with Gasteiger partial charge in [0.05, 0.1) is 5.39 Å². The molecule has 0 fully saturated rings. The van der Waals surface area contributed by atoms with Gasteiger partial charge in [0.15, 0.2) is 5.65 Å². The van der Waals surface area contributed by atoms with E-state index in [2.05, 4.69) is 20.6 Å². The fraction of sp³-hybridized carbons (Fsp3) is 0.0476. The number of anilines is 2. The molecule has 0 atom stereocenters. The zero-order valence-corrected chi connectivity index (χ0v) is 15.5. The number of hydrogen-bond acceptors (Lipinski definition) is 6. The van der Waals surface area contributed by atoms with Gasteiger partial charge < -0.3 is 15.8 Å². The van der Waals surface area contributed by atoms with E-state index in [-0.39, 0.29) is 11.6 Å². The van der Waals surface area contributed by atoms with Gasteiger partial charge in [0.25, 0.3) is 5.91 Å². The van der Waals surface area contributed by atoms with Crippen LogP contribution in [0.3, 0.4) is 0 Å². The minimum Gasteiger partial charge on any atom is -0.422 e. The van der Waals surface area contributed by atoms with Crippen molar-refractivity contribution in [2.24, 2.45) is 0 Å². The van der Waals surface area contributed by atoms with E-state index in [4.69, 9.17) is 0 Å². The molecule has 4 aromatic rings. The molecule has 0 bridgehead atoms. The Morgan fingerprint density at radius 3 is 2.31 bits per heavy atom. The van der Waals surface area contributed by atoms with Crippen LogP contribution in [0.5, 0.6) is 0 Å². The minimum atomic E-state index is -0.813. The molecule has 0 aliphatic heterocycles. The van der Waals surface area contributed by atoms with Crippen molar-refractivity contribution >= 4 is 28.4 Å². The van der Waals surface area contributed by atoms with Crippen molar-refractivity contribution in [2.75, 3.05) is 12.4 Å². The summed E-state index contributed by atoms with van der Waals surface area (Å²) in [4.78, 5) is 31.4. The van der Waals surface area contributed by atoms with Gasteiger partial charge in [-0.1, -0.05) is 24.3 Å². The summed E-state index contributed by atoms with van der Waals surface area (Å²) in [6.45, 7) is 0. The van der Waals surface area contributed by atoms with E-state index in [1.807, 2.05) is 36.4 Å². The van der Waals surface area contributed by atoms with Crippen LogP contribution in [0, 0.1) is 0 Å². The van der Waals surface area contributed by atoms with Gasteiger partial charge in [-0.15, -0.1) is 4.73 Å². The Kier molecular flexibility index (Phi) is 4.66. The highest BCUT2D eigenvalue weighted by molar-refractivity contribution is 5.94. The summed E-state index contributed by atoms with van der Waals surface area (Å²) in [5.74, 6) is 0.182. The third-order valence-corrected chi connectivity index (χ3v) is 4.49. The Morgan fingerprint density at radius 2 is 1.66 bits per heavy atom. The summed E-state index contributed by atoms with van der Waals surface area (Å²) in [5, 5.41) is 16.0. The number of pyridine rings is 1. The predicted molar refractivity (Wildman–Crippen MR) is 110 cm³/mol. The minimum absolute atomic E-state index is 0.128. The Morgan fingerprint density at radius 1 is 1.00 bits per heavy atom. The first-order valence-corrected chi connectivity index (χ1v) is 8.83. The first-order chi connectivity index (χ1) is 14.1. The van der Waals surface area contributed by atoms with Crippen LogP contribution in [0.25, 0.3) is 22.2 Å². The number of amides is 1. The maximum atomic E-state index is 11.9. The molecule has 8 nitrogen and oxygen atoms in total. The molecule has 0 unspecified atom stereocenters. The molecule has 1 amide bonds. The van der Waals surface area contributed by atoms with E-state index in [1.54, 1.807) is 31.3 Å². The van der Waals surface area contributed by atoms with E-state index >= 15 is 0 Å². The average Bonchev–Trinajstić information content (AvgIpc) is 2.77. The van der Waals surface area contributed by atoms with Crippen LogP contribution in [0.1, 0.15) is 10.4 Å². The summed E-state index contributed by atoms with van der Waals surface area (Å²) in [7, 11) is 1.60. The number of nitrogens with zero attached hydrogens (tertiary/aromatic N) is 3. The highest BCUT2D eigenvalue weighted by atomic mass is 16.5. The van der Waals surface area contributed by atoms with Gasteiger partial charge in [-0.25, -0.2) is 9.78 Å². The molecule has 3 N–H and O–H groups in total. The fourth-order valence-electron chi connectivity index (χ4n) is 2.98. The third kappa shape index (κ3) is 3.51. The third-order valence-electron chi connectivity index (χ3n) is 4.49. The molecule has 0 radical (unpaired) electrons. The van der Waals surface area contributed by atoms with Crippen molar-refractivity contribution in [2.45, 2.75) is 0 Å². The zero-order valence-electron chi connectivity index (χ0n) is 15.5. The van der Waals surface area contributed by atoms with Crippen LogP contribution in [-0.4, -0.2) is 32.9 Å². The molecule has 144 valence electrons. The summed E-state index contributed by atoms with van der Waals surface area (Å²) in [6.07, 6.45) is 1.49. The van der Waals surface area contributed by atoms with Gasteiger partial charge in [-0.2, -0.15) is 4.98 Å². The van der Waals surface area contributed by atoms with Crippen LogP contribution >= 0.6 is 0 Å². The molecule has 0 aliphatic carbocycles. The van der Waals surface area contributed by atoms with Gasteiger partial charge in [-0.3, -0.25) is 4.79 Å². The number of nitrogens with one attached hydrogen (secondary N) is 2. The highest BCUT2D eigenvalue weighted by Crippen LogP contribution is 2.25. The first kappa shape index (κ1) is 18.2. The second kappa shape index (κ2) is 7.43. The van der Waals surface area contributed by atoms with E-state index in [0.29, 0.717) is 21.5 Å². The Balaban J connectivity index is 1.61. The molecule has 2 aromatic carbocycles. The first-order valence-electron chi connectivity index (χ1n) is 8.83. The van der Waals surface area contributed by atoms with Crippen molar-refractivity contribution in [1.82, 2.24) is 20.0 Å². The summed E-state index contributed by atoms with van der Waals surface area (Å²) >= 11 is 0. The van der Waals surface area contributed by atoms with E-state index in [1.165, 1.54) is 6.20 Å². The number of hydrogen-bond donors (Lipinski definition) is 3. The number of carbonyl (C=O) groups excluding carboxylic acids is 1. The van der Waals surface area contributed by atoms with Crippen molar-refractivity contribution in [3.05, 3.63) is 82.9 Å². The summed E-state index contributed by atoms with van der Waals surface area (Å²) in [5.41, 5.74) is 2.58. The molecular formula is C21H17N5O3. The van der Waals surface area contributed by atoms with Gasteiger partial charge >= 0.3 is 5.69 Å². The Bertz CT molecular complexity index is 1250. The molecule has 29 heavy (non-hydrogen) atoms. The van der Waals surface area contributed by atoms with E-state index in [0.717, 1.165) is 16.8 Å². The topological polar surface area (TPSA) is 109 Å². The normalized spacial score (nSPS) is 10.7. The number of fused-ring (bicyclic) bond motifs is 1. The van der Waals surface area contributed by atoms with Crippen LogP contribution in [0.4, 0.5) is 11.5 Å². The molecule has 2 aromatic heterocycles. The van der Waals surface area contributed by atoms with Crippen molar-refractivity contribution in [1.29, 1.82) is 0 Å². The Labute approximate surface area is 165 Å². The van der Waals surface area contributed by atoms with Gasteiger partial charge in [0.2, 0.25) is 0 Å². The quantitative estimate of drug-likeness (QED) is 0.465. The zero-order chi connectivity index (χ0) is 20.4. The second-order valence-corrected chi connectivity index (χ2v) is 6.29. The monoisotopic (exact) mass is 387 g/mol. The number of aromatic nitrogens is 3. The number of rotatable bonds is 4. The SMILES string of the molecule is CNC(=O)c1ccc(-c2ccc(Nc3nc(=O)n(O)c4ncccc34)cc2)cc1. The molecule has 0 spiro atoms. The Hall–Kier alpha value is -4.20. The molecule has 0 saturated carbocycles. The highest BCUT2D eigenvalue weighted by Gasteiger charge is 2.11.